The third-order valence-corrected chi connectivity index (χ3v) is 9.25. The van der Waals surface area contributed by atoms with Gasteiger partial charge in [-0.15, -0.1) is 0 Å². The van der Waals surface area contributed by atoms with E-state index in [1.807, 2.05) is 48.5 Å². The first kappa shape index (κ1) is 21.6. The van der Waals surface area contributed by atoms with Crippen molar-refractivity contribution >= 4 is 30.7 Å². The van der Waals surface area contributed by atoms with Crippen LogP contribution in [0.2, 0.25) is 0 Å². The fourth-order valence-corrected chi connectivity index (χ4v) is 7.10. The molecule has 0 N–H and O–H groups in total. The van der Waals surface area contributed by atoms with Gasteiger partial charge in [0, 0.05) is 11.1 Å². The van der Waals surface area contributed by atoms with Crippen LogP contribution in [0.1, 0.15) is 0 Å². The summed E-state index contributed by atoms with van der Waals surface area (Å²) >= 11 is 0. The SMILES string of the molecule is O=S(=O)(Oc1ccccc1)c1ccc2c(c1)-c1cc(-c3cccc4ccccc34)ccc1S2(=O)=O. The molecule has 35 heavy (non-hydrogen) atoms. The van der Waals surface area contributed by atoms with Gasteiger partial charge in [-0.1, -0.05) is 66.7 Å². The normalized spacial score (nSPS) is 13.8. The third kappa shape index (κ3) is 3.51. The Balaban J connectivity index is 1.51. The van der Waals surface area contributed by atoms with Crippen LogP contribution in [0.25, 0.3) is 33.0 Å². The molecule has 0 bridgehead atoms. The topological polar surface area (TPSA) is 77.5 Å². The molecule has 5 aromatic rings. The van der Waals surface area contributed by atoms with Crippen molar-refractivity contribution < 1.29 is 21.0 Å². The molecule has 0 saturated carbocycles. The molecule has 6 rings (SSSR count). The predicted octanol–water partition coefficient (Wildman–Crippen LogP) is 6.09. The largest absolute Gasteiger partial charge is 0.379 e. The molecule has 0 fully saturated rings. The highest BCUT2D eigenvalue weighted by atomic mass is 32.2. The highest BCUT2D eigenvalue weighted by molar-refractivity contribution is 7.92. The lowest BCUT2D eigenvalue weighted by atomic mass is 9.95. The highest BCUT2D eigenvalue weighted by Crippen LogP contribution is 2.46. The van der Waals surface area contributed by atoms with Crippen molar-refractivity contribution in [1.82, 2.24) is 0 Å². The molecule has 172 valence electrons. The Morgan fingerprint density at radius 1 is 0.600 bits per heavy atom. The molecule has 7 heteroatoms. The fourth-order valence-electron chi connectivity index (χ4n) is 4.50. The van der Waals surface area contributed by atoms with Gasteiger partial charge in [-0.3, -0.25) is 0 Å². The van der Waals surface area contributed by atoms with E-state index in [-0.39, 0.29) is 20.4 Å². The quantitative estimate of drug-likeness (QED) is 0.275. The van der Waals surface area contributed by atoms with E-state index in [4.69, 9.17) is 4.18 Å². The maximum Gasteiger partial charge on any atom is 0.339 e. The minimum Gasteiger partial charge on any atom is -0.379 e. The lowest BCUT2D eigenvalue weighted by Crippen LogP contribution is -2.10. The number of sulfone groups is 1. The van der Waals surface area contributed by atoms with Gasteiger partial charge in [0.15, 0.2) is 0 Å². The smallest absolute Gasteiger partial charge is 0.339 e. The minimum atomic E-state index is -4.16. The van der Waals surface area contributed by atoms with E-state index >= 15 is 0 Å². The van der Waals surface area contributed by atoms with E-state index in [1.54, 1.807) is 42.5 Å². The van der Waals surface area contributed by atoms with Crippen molar-refractivity contribution in [3.8, 4) is 28.0 Å². The van der Waals surface area contributed by atoms with Gasteiger partial charge in [0.1, 0.15) is 10.6 Å². The van der Waals surface area contributed by atoms with Crippen LogP contribution in [0.4, 0.5) is 0 Å². The van der Waals surface area contributed by atoms with Crippen molar-refractivity contribution in [3.05, 3.63) is 109 Å². The third-order valence-electron chi connectivity index (χ3n) is 6.14. The number of hydrogen-bond acceptors (Lipinski definition) is 5. The summed E-state index contributed by atoms with van der Waals surface area (Å²) in [5.41, 5.74) is 2.63. The summed E-state index contributed by atoms with van der Waals surface area (Å²) in [5.74, 6) is 0.180. The Bertz CT molecular complexity index is 1840. The second kappa shape index (κ2) is 7.80. The van der Waals surface area contributed by atoms with Crippen LogP contribution in [0.3, 0.4) is 0 Å². The van der Waals surface area contributed by atoms with Crippen molar-refractivity contribution in [3.63, 3.8) is 0 Å². The number of rotatable bonds is 4. The monoisotopic (exact) mass is 498 g/mol. The van der Waals surface area contributed by atoms with Crippen LogP contribution in [-0.4, -0.2) is 16.8 Å². The molecule has 0 aliphatic carbocycles. The van der Waals surface area contributed by atoms with Gasteiger partial charge < -0.3 is 4.18 Å². The van der Waals surface area contributed by atoms with Gasteiger partial charge in [-0.2, -0.15) is 8.42 Å². The summed E-state index contributed by atoms with van der Waals surface area (Å²) in [4.78, 5) is 0.134. The molecule has 5 aromatic carbocycles. The fraction of sp³-hybridized carbons (Fsp3) is 0. The highest BCUT2D eigenvalue weighted by Gasteiger charge is 2.34. The zero-order valence-electron chi connectivity index (χ0n) is 18.3. The van der Waals surface area contributed by atoms with Crippen LogP contribution < -0.4 is 4.18 Å². The molecule has 0 atom stereocenters. The summed E-state index contributed by atoms with van der Waals surface area (Å²) in [6, 6.07) is 31.3. The van der Waals surface area contributed by atoms with Gasteiger partial charge >= 0.3 is 10.1 Å². The molecule has 0 saturated heterocycles. The molecular formula is C28H18O5S2. The Kier molecular flexibility index (Phi) is 4.81. The van der Waals surface area contributed by atoms with Gasteiger partial charge in [0.2, 0.25) is 9.84 Å². The van der Waals surface area contributed by atoms with Crippen LogP contribution in [0, 0.1) is 0 Å². The Morgan fingerprint density at radius 2 is 1.26 bits per heavy atom. The summed E-state index contributed by atoms with van der Waals surface area (Å²) in [6.45, 7) is 0. The van der Waals surface area contributed by atoms with E-state index in [1.165, 1.54) is 18.2 Å². The van der Waals surface area contributed by atoms with E-state index in [9.17, 15) is 16.8 Å². The first-order valence-electron chi connectivity index (χ1n) is 10.9. The van der Waals surface area contributed by atoms with Crippen LogP contribution in [0.15, 0.2) is 124 Å². The second-order valence-electron chi connectivity index (χ2n) is 8.25. The first-order valence-corrected chi connectivity index (χ1v) is 13.7. The molecular weight excluding hydrogens is 480 g/mol. The van der Waals surface area contributed by atoms with Gasteiger partial charge in [-0.05, 0) is 64.4 Å². The molecule has 0 aromatic heterocycles. The Labute approximate surface area is 203 Å². The predicted molar refractivity (Wildman–Crippen MR) is 135 cm³/mol. The summed E-state index contributed by atoms with van der Waals surface area (Å²) in [6.07, 6.45) is 0. The summed E-state index contributed by atoms with van der Waals surface area (Å²) < 4.78 is 57.5. The average molecular weight is 499 g/mol. The van der Waals surface area contributed by atoms with Crippen molar-refractivity contribution in [2.75, 3.05) is 0 Å². The van der Waals surface area contributed by atoms with E-state index in [2.05, 4.69) is 0 Å². The minimum absolute atomic E-state index is 0.0845. The average Bonchev–Trinajstić information content (AvgIpc) is 3.10. The molecule has 1 aliphatic heterocycles. The van der Waals surface area contributed by atoms with Gasteiger partial charge in [0.25, 0.3) is 0 Å². The van der Waals surface area contributed by atoms with E-state index in [0.29, 0.717) is 11.1 Å². The molecule has 0 radical (unpaired) electrons. The van der Waals surface area contributed by atoms with Crippen LogP contribution in [-0.2, 0) is 20.0 Å². The van der Waals surface area contributed by atoms with E-state index in [0.717, 1.165) is 21.9 Å². The Hall–Kier alpha value is -3.94. The lowest BCUT2D eigenvalue weighted by Gasteiger charge is -2.10. The zero-order valence-corrected chi connectivity index (χ0v) is 19.9. The van der Waals surface area contributed by atoms with Crippen LogP contribution >= 0.6 is 0 Å². The van der Waals surface area contributed by atoms with Crippen molar-refractivity contribution in [2.45, 2.75) is 14.7 Å². The van der Waals surface area contributed by atoms with E-state index < -0.39 is 20.0 Å². The summed E-state index contributed by atoms with van der Waals surface area (Å²) in [5, 5.41) is 2.12. The van der Waals surface area contributed by atoms with Crippen molar-refractivity contribution in [2.24, 2.45) is 0 Å². The second-order valence-corrected chi connectivity index (χ2v) is 11.7. The number of benzene rings is 5. The standard InChI is InChI=1S/C28H18O5S2/c29-34(30)27-15-13-20(24-12-6-8-19-7-4-5-11-23(19)24)17-25(27)26-18-22(14-16-28(26)34)35(31,32)33-21-9-2-1-3-10-21/h1-18H. The molecule has 0 amide bonds. The van der Waals surface area contributed by atoms with Crippen LogP contribution in [0.5, 0.6) is 5.75 Å². The summed E-state index contributed by atoms with van der Waals surface area (Å²) in [7, 11) is -7.92. The molecule has 5 nitrogen and oxygen atoms in total. The maximum atomic E-state index is 13.2. The number of hydrogen-bond donors (Lipinski definition) is 0. The lowest BCUT2D eigenvalue weighted by molar-refractivity contribution is 0.486. The maximum absolute atomic E-state index is 13.2. The van der Waals surface area contributed by atoms with Gasteiger partial charge in [0.05, 0.1) is 9.79 Å². The van der Waals surface area contributed by atoms with Crippen molar-refractivity contribution in [1.29, 1.82) is 0 Å². The molecule has 1 heterocycles. The first-order chi connectivity index (χ1) is 16.8. The number of fused-ring (bicyclic) bond motifs is 4. The Morgan fingerprint density at radius 3 is 2.06 bits per heavy atom. The molecule has 1 aliphatic rings. The van der Waals surface area contributed by atoms with Gasteiger partial charge in [-0.25, -0.2) is 8.42 Å². The molecule has 0 unspecified atom stereocenters. The zero-order chi connectivity index (χ0) is 24.2. The number of para-hydroxylation sites is 1. The molecule has 0 spiro atoms.